The van der Waals surface area contributed by atoms with Crippen molar-refractivity contribution in [3.8, 4) is 11.5 Å². The van der Waals surface area contributed by atoms with Crippen molar-refractivity contribution in [3.05, 3.63) is 23.8 Å². The first-order valence-corrected chi connectivity index (χ1v) is 7.98. The van der Waals surface area contributed by atoms with Gasteiger partial charge in [0.2, 0.25) is 0 Å². The van der Waals surface area contributed by atoms with E-state index in [1.807, 2.05) is 18.2 Å². The number of nitrogens with zero attached hydrogens (tertiary/aromatic N) is 1. The number of ether oxygens (including phenoxy) is 2. The average Bonchev–Trinajstić information content (AvgIpc) is 3.25. The van der Waals surface area contributed by atoms with Gasteiger partial charge in [0.15, 0.2) is 0 Å². The highest BCUT2D eigenvalue weighted by Crippen LogP contribution is 2.47. The molecule has 2 fully saturated rings. The summed E-state index contributed by atoms with van der Waals surface area (Å²) < 4.78 is 11.8. The standard InChI is InChI=1S/C17H24N2O2/c1-11-8-17(10-19(11)12-3-4-12)9-15(18)14-7-13(20-2)5-6-16(14)21-17/h5-7,11-12,15H,3-4,8-10,18H2,1-2H3/t11?,15-,17?/m1/s1. The van der Waals surface area contributed by atoms with Gasteiger partial charge < -0.3 is 15.2 Å². The second kappa shape index (κ2) is 4.62. The summed E-state index contributed by atoms with van der Waals surface area (Å²) in [6, 6.07) is 7.42. The lowest BCUT2D eigenvalue weighted by molar-refractivity contribution is 0.0432. The highest BCUT2D eigenvalue weighted by Gasteiger charge is 2.51. The summed E-state index contributed by atoms with van der Waals surface area (Å²) in [6.07, 6.45) is 4.68. The first-order valence-electron chi connectivity index (χ1n) is 7.98. The smallest absolute Gasteiger partial charge is 0.125 e. The van der Waals surface area contributed by atoms with Gasteiger partial charge in [0, 0.05) is 43.1 Å². The molecule has 2 N–H and O–H groups in total. The fourth-order valence-corrected chi connectivity index (χ4v) is 4.15. The molecule has 2 heterocycles. The van der Waals surface area contributed by atoms with Crippen molar-refractivity contribution in [2.45, 2.75) is 56.3 Å². The molecule has 3 atom stereocenters. The third-order valence-electron chi connectivity index (χ3n) is 5.26. The van der Waals surface area contributed by atoms with Crippen molar-refractivity contribution in [2.75, 3.05) is 13.7 Å². The van der Waals surface area contributed by atoms with Crippen LogP contribution in [0.25, 0.3) is 0 Å². The number of likely N-dealkylation sites (tertiary alicyclic amines) is 1. The summed E-state index contributed by atoms with van der Waals surface area (Å²) in [5, 5.41) is 0. The molecule has 0 amide bonds. The predicted octanol–water partition coefficient (Wildman–Crippen LogP) is 2.47. The van der Waals surface area contributed by atoms with Gasteiger partial charge in [-0.05, 0) is 38.0 Å². The number of benzene rings is 1. The van der Waals surface area contributed by atoms with Gasteiger partial charge in [0.25, 0.3) is 0 Å². The van der Waals surface area contributed by atoms with Crippen LogP contribution < -0.4 is 15.2 Å². The van der Waals surface area contributed by atoms with Gasteiger partial charge in [-0.3, -0.25) is 4.90 Å². The first kappa shape index (κ1) is 13.4. The normalized spacial score (nSPS) is 35.6. The number of fused-ring (bicyclic) bond motifs is 1. The Bertz CT molecular complexity index is 558. The van der Waals surface area contributed by atoms with Gasteiger partial charge in [-0.1, -0.05) is 0 Å². The minimum Gasteiger partial charge on any atom is -0.497 e. The molecule has 4 nitrogen and oxygen atoms in total. The van der Waals surface area contributed by atoms with E-state index < -0.39 is 0 Å². The minimum absolute atomic E-state index is 0.0372. The number of nitrogens with two attached hydrogens (primary N) is 1. The maximum atomic E-state index is 6.45. The fourth-order valence-electron chi connectivity index (χ4n) is 4.15. The van der Waals surface area contributed by atoms with Crippen LogP contribution in [0.4, 0.5) is 0 Å². The maximum Gasteiger partial charge on any atom is 0.125 e. The average molecular weight is 288 g/mol. The van der Waals surface area contributed by atoms with Crippen LogP contribution in [0, 0.1) is 0 Å². The second-order valence-corrected chi connectivity index (χ2v) is 6.96. The molecule has 1 aliphatic carbocycles. The van der Waals surface area contributed by atoms with Crippen molar-refractivity contribution >= 4 is 0 Å². The largest absolute Gasteiger partial charge is 0.497 e. The molecule has 1 aromatic carbocycles. The monoisotopic (exact) mass is 288 g/mol. The zero-order valence-electron chi connectivity index (χ0n) is 12.8. The zero-order valence-corrected chi connectivity index (χ0v) is 12.8. The van der Waals surface area contributed by atoms with Crippen LogP contribution in [-0.2, 0) is 0 Å². The quantitative estimate of drug-likeness (QED) is 0.908. The highest BCUT2D eigenvalue weighted by atomic mass is 16.5. The molecule has 21 heavy (non-hydrogen) atoms. The lowest BCUT2D eigenvalue weighted by Gasteiger charge is -2.39. The molecule has 3 aliphatic rings. The first-order chi connectivity index (χ1) is 10.1. The van der Waals surface area contributed by atoms with E-state index in [4.69, 9.17) is 15.2 Å². The van der Waals surface area contributed by atoms with Crippen molar-refractivity contribution in [3.63, 3.8) is 0 Å². The summed E-state index contributed by atoms with van der Waals surface area (Å²) in [5.74, 6) is 1.79. The Morgan fingerprint density at radius 2 is 2.14 bits per heavy atom. The Labute approximate surface area is 126 Å². The number of methoxy groups -OCH3 is 1. The molecular weight excluding hydrogens is 264 g/mol. The Balaban J connectivity index is 1.62. The molecule has 2 unspecified atom stereocenters. The van der Waals surface area contributed by atoms with Crippen LogP contribution >= 0.6 is 0 Å². The second-order valence-electron chi connectivity index (χ2n) is 6.96. The molecule has 1 saturated carbocycles. The van der Waals surface area contributed by atoms with Crippen LogP contribution in [0.1, 0.15) is 44.2 Å². The van der Waals surface area contributed by atoms with E-state index in [1.165, 1.54) is 12.8 Å². The topological polar surface area (TPSA) is 47.7 Å². The van der Waals surface area contributed by atoms with Crippen LogP contribution in [0.15, 0.2) is 18.2 Å². The summed E-state index contributed by atoms with van der Waals surface area (Å²) in [6.45, 7) is 3.35. The van der Waals surface area contributed by atoms with Crippen LogP contribution in [0.3, 0.4) is 0 Å². The third kappa shape index (κ3) is 2.21. The number of hydrogen-bond donors (Lipinski definition) is 1. The molecule has 1 spiro atoms. The molecule has 1 aromatic rings. The molecule has 1 saturated heterocycles. The van der Waals surface area contributed by atoms with E-state index >= 15 is 0 Å². The highest BCUT2D eigenvalue weighted by molar-refractivity contribution is 5.44. The molecule has 0 bridgehead atoms. The van der Waals surface area contributed by atoms with Crippen LogP contribution in [0.2, 0.25) is 0 Å². The van der Waals surface area contributed by atoms with E-state index in [0.717, 1.165) is 42.5 Å². The summed E-state index contributed by atoms with van der Waals surface area (Å²) in [7, 11) is 1.69. The molecule has 114 valence electrons. The fraction of sp³-hybridized carbons (Fsp3) is 0.647. The molecule has 4 rings (SSSR count). The van der Waals surface area contributed by atoms with Crippen molar-refractivity contribution in [1.29, 1.82) is 0 Å². The van der Waals surface area contributed by atoms with E-state index in [-0.39, 0.29) is 11.6 Å². The SMILES string of the molecule is COc1ccc2c(c1)[C@H](N)CC1(CC(C)N(C3CC3)C1)O2. The van der Waals surface area contributed by atoms with Gasteiger partial charge in [0.1, 0.15) is 17.1 Å². The Hall–Kier alpha value is -1.26. The summed E-state index contributed by atoms with van der Waals surface area (Å²) in [5.41, 5.74) is 7.44. The van der Waals surface area contributed by atoms with Crippen LogP contribution in [-0.4, -0.2) is 36.2 Å². The third-order valence-corrected chi connectivity index (χ3v) is 5.26. The number of hydrogen-bond acceptors (Lipinski definition) is 4. The van der Waals surface area contributed by atoms with Crippen molar-refractivity contribution in [1.82, 2.24) is 4.90 Å². The van der Waals surface area contributed by atoms with E-state index in [0.29, 0.717) is 6.04 Å². The lowest BCUT2D eigenvalue weighted by atomic mass is 9.86. The zero-order chi connectivity index (χ0) is 14.6. The van der Waals surface area contributed by atoms with Gasteiger partial charge in [0.05, 0.1) is 7.11 Å². The minimum atomic E-state index is -0.0942. The van der Waals surface area contributed by atoms with Crippen molar-refractivity contribution in [2.24, 2.45) is 5.73 Å². The van der Waals surface area contributed by atoms with Crippen molar-refractivity contribution < 1.29 is 9.47 Å². The molecule has 4 heteroatoms. The molecular formula is C17H24N2O2. The predicted molar refractivity (Wildman–Crippen MR) is 81.7 cm³/mol. The van der Waals surface area contributed by atoms with Gasteiger partial charge in [-0.15, -0.1) is 0 Å². The molecule has 0 radical (unpaired) electrons. The van der Waals surface area contributed by atoms with Gasteiger partial charge in [-0.2, -0.15) is 0 Å². The molecule has 0 aromatic heterocycles. The van der Waals surface area contributed by atoms with E-state index in [9.17, 15) is 0 Å². The summed E-state index contributed by atoms with van der Waals surface area (Å²) in [4.78, 5) is 2.63. The summed E-state index contributed by atoms with van der Waals surface area (Å²) >= 11 is 0. The number of rotatable bonds is 2. The van der Waals surface area contributed by atoms with Gasteiger partial charge >= 0.3 is 0 Å². The maximum absolute atomic E-state index is 6.45. The van der Waals surface area contributed by atoms with Crippen LogP contribution in [0.5, 0.6) is 11.5 Å². The Morgan fingerprint density at radius 3 is 2.86 bits per heavy atom. The van der Waals surface area contributed by atoms with E-state index in [1.54, 1.807) is 7.11 Å². The van der Waals surface area contributed by atoms with Gasteiger partial charge in [-0.25, -0.2) is 0 Å². The molecule has 2 aliphatic heterocycles. The Kier molecular flexibility index (Phi) is 2.95. The lowest BCUT2D eigenvalue weighted by Crippen LogP contribution is -2.45. The van der Waals surface area contributed by atoms with E-state index in [2.05, 4.69) is 11.8 Å². The Morgan fingerprint density at radius 1 is 1.33 bits per heavy atom.